The van der Waals surface area contributed by atoms with E-state index in [1.807, 2.05) is 12.1 Å². The minimum atomic E-state index is -0.118. The maximum Gasteiger partial charge on any atom is 0.0555 e. The molecular formula is C14H20ClNO. The molecule has 1 aromatic rings. The van der Waals surface area contributed by atoms with Crippen molar-refractivity contribution in [1.82, 2.24) is 5.32 Å². The lowest BCUT2D eigenvalue weighted by atomic mass is 9.93. The molecule has 94 valence electrons. The van der Waals surface area contributed by atoms with E-state index in [0.29, 0.717) is 6.04 Å². The summed E-state index contributed by atoms with van der Waals surface area (Å²) in [5, 5.41) is 13.9. The first kappa shape index (κ1) is 12.9. The highest BCUT2D eigenvalue weighted by Gasteiger charge is 2.19. The first-order chi connectivity index (χ1) is 8.15. The summed E-state index contributed by atoms with van der Waals surface area (Å²) in [5.41, 5.74) is 2.51. The number of halogens is 1. The molecule has 0 spiro atoms. The topological polar surface area (TPSA) is 32.3 Å². The van der Waals surface area contributed by atoms with Gasteiger partial charge in [0.2, 0.25) is 0 Å². The van der Waals surface area contributed by atoms with Gasteiger partial charge in [-0.15, -0.1) is 0 Å². The van der Waals surface area contributed by atoms with Crippen molar-refractivity contribution in [2.75, 3.05) is 0 Å². The number of aliphatic hydroxyl groups is 1. The monoisotopic (exact) mass is 253 g/mol. The Hall–Kier alpha value is -0.570. The maximum absolute atomic E-state index is 9.61. The normalized spacial score (nSPS) is 24.9. The molecular weight excluding hydrogens is 234 g/mol. The fraction of sp³-hybridized carbons (Fsp3) is 0.571. The van der Waals surface area contributed by atoms with Crippen LogP contribution in [0.3, 0.4) is 0 Å². The Morgan fingerprint density at radius 3 is 2.94 bits per heavy atom. The van der Waals surface area contributed by atoms with Crippen LogP contribution in [0.2, 0.25) is 5.02 Å². The number of aryl methyl sites for hydroxylation is 1. The zero-order valence-electron chi connectivity index (χ0n) is 10.2. The molecule has 1 fully saturated rings. The lowest BCUT2D eigenvalue weighted by Crippen LogP contribution is -2.35. The Kier molecular flexibility index (Phi) is 4.43. The Morgan fingerprint density at radius 1 is 1.41 bits per heavy atom. The molecule has 0 aromatic heterocycles. The molecule has 2 nitrogen and oxygen atoms in total. The van der Waals surface area contributed by atoms with E-state index in [0.717, 1.165) is 30.8 Å². The predicted octanol–water partition coefficient (Wildman–Crippen LogP) is 3.04. The van der Waals surface area contributed by atoms with E-state index in [9.17, 15) is 5.11 Å². The summed E-state index contributed by atoms with van der Waals surface area (Å²) < 4.78 is 0. The molecule has 0 aliphatic heterocycles. The largest absolute Gasteiger partial charge is 0.393 e. The zero-order chi connectivity index (χ0) is 12.3. The predicted molar refractivity (Wildman–Crippen MR) is 71.3 cm³/mol. The minimum Gasteiger partial charge on any atom is -0.393 e. The summed E-state index contributed by atoms with van der Waals surface area (Å²) in [7, 11) is 0. The van der Waals surface area contributed by atoms with Crippen LogP contribution in [0.1, 0.15) is 36.8 Å². The molecule has 1 aromatic carbocycles. The van der Waals surface area contributed by atoms with Gasteiger partial charge in [-0.2, -0.15) is 0 Å². The zero-order valence-corrected chi connectivity index (χ0v) is 11.0. The molecule has 17 heavy (non-hydrogen) atoms. The number of hydrogen-bond acceptors (Lipinski definition) is 2. The fourth-order valence-corrected chi connectivity index (χ4v) is 2.69. The summed E-state index contributed by atoms with van der Waals surface area (Å²) in [5.74, 6) is 0. The van der Waals surface area contributed by atoms with Crippen LogP contribution < -0.4 is 5.32 Å². The highest BCUT2D eigenvalue weighted by molar-refractivity contribution is 6.30. The summed E-state index contributed by atoms with van der Waals surface area (Å²) >= 11 is 5.93. The van der Waals surface area contributed by atoms with Gasteiger partial charge in [-0.1, -0.05) is 17.7 Å². The van der Waals surface area contributed by atoms with Gasteiger partial charge in [0, 0.05) is 17.6 Å². The summed E-state index contributed by atoms with van der Waals surface area (Å²) in [6.45, 7) is 2.94. The number of rotatable bonds is 3. The van der Waals surface area contributed by atoms with E-state index in [1.54, 1.807) is 0 Å². The molecule has 2 rings (SSSR count). The Bertz CT molecular complexity index is 380. The third-order valence-electron chi connectivity index (χ3n) is 3.53. The van der Waals surface area contributed by atoms with E-state index in [-0.39, 0.29) is 6.10 Å². The van der Waals surface area contributed by atoms with Crippen LogP contribution in [0.4, 0.5) is 0 Å². The number of nitrogens with one attached hydrogen (secondary N) is 1. The van der Waals surface area contributed by atoms with Crippen LogP contribution in [0.15, 0.2) is 18.2 Å². The van der Waals surface area contributed by atoms with Crippen molar-refractivity contribution in [3.05, 3.63) is 34.3 Å². The SMILES string of the molecule is Cc1cc(Cl)ccc1CNC1CCCC(O)C1. The average molecular weight is 254 g/mol. The molecule has 2 atom stereocenters. The second-order valence-electron chi connectivity index (χ2n) is 4.97. The third kappa shape index (κ3) is 3.70. The van der Waals surface area contributed by atoms with Crippen LogP contribution >= 0.6 is 11.6 Å². The van der Waals surface area contributed by atoms with Crippen molar-refractivity contribution >= 4 is 11.6 Å². The van der Waals surface area contributed by atoms with Crippen molar-refractivity contribution in [2.45, 2.75) is 51.3 Å². The molecule has 0 bridgehead atoms. The third-order valence-corrected chi connectivity index (χ3v) is 3.77. The quantitative estimate of drug-likeness (QED) is 0.868. The Labute approximate surface area is 108 Å². The molecule has 2 unspecified atom stereocenters. The standard InChI is InChI=1S/C14H20ClNO/c1-10-7-12(15)6-5-11(10)9-16-13-3-2-4-14(17)8-13/h5-7,13-14,16-17H,2-4,8-9H2,1H3. The molecule has 1 aliphatic rings. The van der Waals surface area contributed by atoms with Crippen LogP contribution in [0.25, 0.3) is 0 Å². The highest BCUT2D eigenvalue weighted by Crippen LogP contribution is 2.20. The van der Waals surface area contributed by atoms with Gasteiger partial charge in [0.1, 0.15) is 0 Å². The molecule has 0 saturated heterocycles. The van der Waals surface area contributed by atoms with E-state index >= 15 is 0 Å². The number of benzene rings is 1. The maximum atomic E-state index is 9.61. The minimum absolute atomic E-state index is 0.118. The molecule has 0 radical (unpaired) electrons. The number of aliphatic hydroxyl groups excluding tert-OH is 1. The summed E-state index contributed by atoms with van der Waals surface area (Å²) in [6.07, 6.45) is 4.01. The molecule has 2 N–H and O–H groups in total. The fourth-order valence-electron chi connectivity index (χ4n) is 2.46. The van der Waals surface area contributed by atoms with Gasteiger partial charge in [-0.25, -0.2) is 0 Å². The van der Waals surface area contributed by atoms with Crippen LogP contribution in [-0.2, 0) is 6.54 Å². The Morgan fingerprint density at radius 2 is 2.24 bits per heavy atom. The first-order valence-corrected chi connectivity index (χ1v) is 6.69. The Balaban J connectivity index is 1.88. The van der Waals surface area contributed by atoms with Crippen molar-refractivity contribution in [1.29, 1.82) is 0 Å². The van der Waals surface area contributed by atoms with E-state index in [1.165, 1.54) is 17.5 Å². The second kappa shape index (κ2) is 5.85. The van der Waals surface area contributed by atoms with Gasteiger partial charge < -0.3 is 10.4 Å². The lowest BCUT2D eigenvalue weighted by molar-refractivity contribution is 0.111. The number of hydrogen-bond donors (Lipinski definition) is 2. The van der Waals surface area contributed by atoms with Crippen LogP contribution in [0.5, 0.6) is 0 Å². The van der Waals surface area contributed by atoms with E-state index < -0.39 is 0 Å². The molecule has 1 saturated carbocycles. The van der Waals surface area contributed by atoms with E-state index in [2.05, 4.69) is 18.3 Å². The van der Waals surface area contributed by atoms with Crippen molar-refractivity contribution in [3.63, 3.8) is 0 Å². The van der Waals surface area contributed by atoms with Gasteiger partial charge in [0.15, 0.2) is 0 Å². The summed E-state index contributed by atoms with van der Waals surface area (Å²) in [6, 6.07) is 6.45. The van der Waals surface area contributed by atoms with Crippen molar-refractivity contribution < 1.29 is 5.11 Å². The van der Waals surface area contributed by atoms with Crippen molar-refractivity contribution in [3.8, 4) is 0 Å². The molecule has 0 amide bonds. The molecule has 0 heterocycles. The highest BCUT2D eigenvalue weighted by atomic mass is 35.5. The van der Waals surface area contributed by atoms with Crippen molar-refractivity contribution in [2.24, 2.45) is 0 Å². The van der Waals surface area contributed by atoms with Crippen LogP contribution in [0, 0.1) is 6.92 Å². The van der Waals surface area contributed by atoms with Gasteiger partial charge in [0.05, 0.1) is 6.10 Å². The van der Waals surface area contributed by atoms with Gasteiger partial charge in [-0.05, 0) is 55.9 Å². The van der Waals surface area contributed by atoms with Gasteiger partial charge in [-0.3, -0.25) is 0 Å². The van der Waals surface area contributed by atoms with Gasteiger partial charge in [0.25, 0.3) is 0 Å². The van der Waals surface area contributed by atoms with Gasteiger partial charge >= 0.3 is 0 Å². The van der Waals surface area contributed by atoms with Crippen LogP contribution in [-0.4, -0.2) is 17.3 Å². The smallest absolute Gasteiger partial charge is 0.0555 e. The van der Waals surface area contributed by atoms with E-state index in [4.69, 9.17) is 11.6 Å². The lowest BCUT2D eigenvalue weighted by Gasteiger charge is -2.27. The second-order valence-corrected chi connectivity index (χ2v) is 5.41. The average Bonchev–Trinajstić information content (AvgIpc) is 2.28. The first-order valence-electron chi connectivity index (χ1n) is 6.31. The molecule has 3 heteroatoms. The summed E-state index contributed by atoms with van der Waals surface area (Å²) in [4.78, 5) is 0. The molecule has 1 aliphatic carbocycles.